The molecule has 1 aliphatic rings. The molecule has 1 saturated heterocycles. The van der Waals surface area contributed by atoms with E-state index in [-0.39, 0.29) is 30.5 Å². The van der Waals surface area contributed by atoms with Crippen LogP contribution in [0.3, 0.4) is 0 Å². The monoisotopic (exact) mass is 476 g/mol. The smallest absolute Gasteiger partial charge is 0.357 e. The molecule has 0 amide bonds. The van der Waals surface area contributed by atoms with E-state index in [1.165, 1.54) is 11.8 Å². The largest absolute Gasteiger partial charge is 0.403 e. The maximum atomic E-state index is 12.8. The summed E-state index contributed by atoms with van der Waals surface area (Å²) in [7, 11) is 0. The number of guanidine groups is 1. The van der Waals surface area contributed by atoms with E-state index in [9.17, 15) is 13.2 Å². The van der Waals surface area contributed by atoms with E-state index in [0.717, 1.165) is 0 Å². The molecule has 7 nitrogen and oxygen atoms in total. The number of hydrogen-bond donors (Lipinski definition) is 1. The molecule has 1 atom stereocenters. The Hall–Kier alpha value is -1.11. The van der Waals surface area contributed by atoms with E-state index >= 15 is 0 Å². The van der Waals surface area contributed by atoms with Gasteiger partial charge in [0.2, 0.25) is 5.89 Å². The Bertz CT molecular complexity index is 557. The average molecular weight is 476 g/mol. The number of nitrogens with zero attached hydrogens (tertiary/aromatic N) is 5. The Morgan fingerprint density at radius 2 is 1.96 bits per heavy atom. The highest BCUT2D eigenvalue weighted by atomic mass is 127. The number of aryl methyl sites for hydroxylation is 1. The molecule has 11 heteroatoms. The van der Waals surface area contributed by atoms with E-state index in [2.05, 4.69) is 20.4 Å². The first kappa shape index (κ1) is 21.9. The van der Waals surface area contributed by atoms with Gasteiger partial charge in [-0.15, -0.1) is 24.0 Å². The van der Waals surface area contributed by atoms with Gasteiger partial charge < -0.3 is 14.7 Å². The molecular formula is C14H24F3IN6O. The van der Waals surface area contributed by atoms with Crippen molar-refractivity contribution in [2.24, 2.45) is 4.99 Å². The van der Waals surface area contributed by atoms with Crippen LogP contribution in [0.4, 0.5) is 13.2 Å². The molecule has 1 fully saturated rings. The van der Waals surface area contributed by atoms with Crippen LogP contribution in [0.1, 0.15) is 25.6 Å². The summed E-state index contributed by atoms with van der Waals surface area (Å²) in [4.78, 5) is 11.9. The van der Waals surface area contributed by atoms with Gasteiger partial charge in [0, 0.05) is 39.6 Å². The van der Waals surface area contributed by atoms with Crippen LogP contribution in [0, 0.1) is 6.92 Å². The molecule has 1 aromatic heterocycles. The van der Waals surface area contributed by atoms with E-state index in [1.54, 1.807) is 6.92 Å². The normalized spacial score (nSPS) is 18.0. The molecule has 1 N–H and O–H groups in total. The van der Waals surface area contributed by atoms with Crippen LogP contribution >= 0.6 is 24.0 Å². The number of hydrogen-bond acceptors (Lipinski definition) is 5. The molecule has 0 aliphatic carbocycles. The first-order valence-electron chi connectivity index (χ1n) is 7.94. The first-order chi connectivity index (χ1) is 11.3. The third-order valence-electron chi connectivity index (χ3n) is 3.91. The number of aromatic nitrogens is 2. The average Bonchev–Trinajstić information content (AvgIpc) is 2.95. The second-order valence-corrected chi connectivity index (χ2v) is 5.64. The zero-order valence-corrected chi connectivity index (χ0v) is 16.8. The van der Waals surface area contributed by atoms with Crippen molar-refractivity contribution in [3.63, 3.8) is 0 Å². The van der Waals surface area contributed by atoms with Gasteiger partial charge in [0.05, 0.1) is 0 Å². The molecule has 0 spiro atoms. The molecule has 2 heterocycles. The summed E-state index contributed by atoms with van der Waals surface area (Å²) in [6.45, 7) is 7.42. The minimum Gasteiger partial charge on any atom is -0.357 e. The predicted molar refractivity (Wildman–Crippen MR) is 97.9 cm³/mol. The lowest BCUT2D eigenvalue weighted by Crippen LogP contribution is -2.56. The molecular weight excluding hydrogens is 452 g/mol. The van der Waals surface area contributed by atoms with Gasteiger partial charge in [0.15, 0.2) is 11.8 Å². The highest BCUT2D eigenvalue weighted by Gasteiger charge is 2.41. The zero-order chi connectivity index (χ0) is 17.7. The van der Waals surface area contributed by atoms with Crippen LogP contribution in [0.15, 0.2) is 9.52 Å². The van der Waals surface area contributed by atoms with Crippen molar-refractivity contribution in [1.82, 2.24) is 25.3 Å². The Balaban J connectivity index is 0.00000312. The summed E-state index contributed by atoms with van der Waals surface area (Å²) in [5.41, 5.74) is 0. The molecule has 1 aliphatic heterocycles. The van der Waals surface area contributed by atoms with Crippen LogP contribution in [0.5, 0.6) is 0 Å². The summed E-state index contributed by atoms with van der Waals surface area (Å²) in [5, 5.41) is 6.94. The van der Waals surface area contributed by atoms with Crippen molar-refractivity contribution < 1.29 is 17.7 Å². The zero-order valence-electron chi connectivity index (χ0n) is 14.5. The number of aliphatic imine (C=N–C) groups is 1. The molecule has 1 aromatic rings. The molecule has 1 unspecified atom stereocenters. The van der Waals surface area contributed by atoms with Crippen molar-refractivity contribution >= 4 is 29.9 Å². The van der Waals surface area contributed by atoms with Gasteiger partial charge in [0.1, 0.15) is 12.6 Å². The van der Waals surface area contributed by atoms with Crippen LogP contribution in [-0.4, -0.2) is 70.8 Å². The van der Waals surface area contributed by atoms with Gasteiger partial charge in [-0.3, -0.25) is 4.90 Å². The minimum atomic E-state index is -4.20. The van der Waals surface area contributed by atoms with Gasteiger partial charge in [-0.05, 0) is 13.8 Å². The maximum absolute atomic E-state index is 12.8. The summed E-state index contributed by atoms with van der Waals surface area (Å²) in [6, 6.07) is -1.43. The van der Waals surface area contributed by atoms with E-state index in [4.69, 9.17) is 4.52 Å². The second kappa shape index (κ2) is 9.55. The molecule has 25 heavy (non-hydrogen) atoms. The van der Waals surface area contributed by atoms with Gasteiger partial charge in [-0.2, -0.15) is 18.2 Å². The SMILES string of the molecule is CCNC(=NCc1noc(C)n1)N1CCN(C(C)C(F)(F)F)CC1.I. The summed E-state index contributed by atoms with van der Waals surface area (Å²) in [6.07, 6.45) is -4.20. The minimum absolute atomic E-state index is 0. The van der Waals surface area contributed by atoms with Crippen LogP contribution in [-0.2, 0) is 6.54 Å². The standard InChI is InChI=1S/C14H23F3N6O.HI/c1-4-18-13(19-9-12-20-11(3)24-21-12)23-7-5-22(6-8-23)10(2)14(15,16)17;/h10H,4-9H2,1-3H3,(H,18,19);1H. The van der Waals surface area contributed by atoms with Gasteiger partial charge in [0.25, 0.3) is 0 Å². The third kappa shape index (κ3) is 6.28. The van der Waals surface area contributed by atoms with Gasteiger partial charge in [-0.1, -0.05) is 5.16 Å². The van der Waals surface area contributed by atoms with Gasteiger partial charge >= 0.3 is 6.18 Å². The van der Waals surface area contributed by atoms with Gasteiger partial charge in [-0.25, -0.2) is 4.99 Å². The second-order valence-electron chi connectivity index (χ2n) is 5.64. The third-order valence-corrected chi connectivity index (χ3v) is 3.91. The Morgan fingerprint density at radius 3 is 2.44 bits per heavy atom. The molecule has 0 saturated carbocycles. The Kier molecular flexibility index (Phi) is 8.38. The van der Waals surface area contributed by atoms with Crippen LogP contribution in [0.2, 0.25) is 0 Å². The van der Waals surface area contributed by atoms with Crippen molar-refractivity contribution in [3.8, 4) is 0 Å². The van der Waals surface area contributed by atoms with Crippen LogP contribution in [0.25, 0.3) is 0 Å². The fourth-order valence-corrected chi connectivity index (χ4v) is 2.50. The highest BCUT2D eigenvalue weighted by Crippen LogP contribution is 2.25. The first-order valence-corrected chi connectivity index (χ1v) is 7.94. The number of halogens is 4. The lowest BCUT2D eigenvalue weighted by Gasteiger charge is -2.39. The molecule has 144 valence electrons. The molecule has 2 rings (SSSR count). The van der Waals surface area contributed by atoms with Crippen molar-refractivity contribution in [1.29, 1.82) is 0 Å². The summed E-state index contributed by atoms with van der Waals surface area (Å²) >= 11 is 0. The molecule has 0 radical (unpaired) electrons. The number of piperazine rings is 1. The number of alkyl halides is 3. The predicted octanol–water partition coefficient (Wildman–Crippen LogP) is 2.03. The van der Waals surface area contributed by atoms with Crippen molar-refractivity contribution in [3.05, 3.63) is 11.7 Å². The molecule has 0 bridgehead atoms. The lowest BCUT2D eigenvalue weighted by molar-refractivity contribution is -0.181. The van der Waals surface area contributed by atoms with Crippen molar-refractivity contribution in [2.45, 2.75) is 39.5 Å². The maximum Gasteiger partial charge on any atom is 0.403 e. The molecule has 0 aromatic carbocycles. The van der Waals surface area contributed by atoms with E-state index in [0.29, 0.717) is 50.4 Å². The van der Waals surface area contributed by atoms with E-state index in [1.807, 2.05) is 11.8 Å². The van der Waals surface area contributed by atoms with Crippen molar-refractivity contribution in [2.75, 3.05) is 32.7 Å². The topological polar surface area (TPSA) is 69.8 Å². The quantitative estimate of drug-likeness (QED) is 0.408. The lowest BCUT2D eigenvalue weighted by atomic mass is 10.2. The van der Waals surface area contributed by atoms with E-state index < -0.39 is 12.2 Å². The number of rotatable bonds is 4. The fraction of sp³-hybridized carbons (Fsp3) is 0.786. The Labute approximate surface area is 162 Å². The fourth-order valence-electron chi connectivity index (χ4n) is 2.50. The summed E-state index contributed by atoms with van der Waals surface area (Å²) < 4.78 is 43.3. The summed E-state index contributed by atoms with van der Waals surface area (Å²) in [5.74, 6) is 1.60. The van der Waals surface area contributed by atoms with Crippen LogP contribution < -0.4 is 5.32 Å². The Morgan fingerprint density at radius 1 is 1.32 bits per heavy atom. The highest BCUT2D eigenvalue weighted by molar-refractivity contribution is 14.0. The number of nitrogens with one attached hydrogen (secondary N) is 1.